The highest BCUT2D eigenvalue weighted by Gasteiger charge is 2.35. The van der Waals surface area contributed by atoms with Crippen molar-refractivity contribution >= 4 is 46.5 Å². The molecule has 7 nitrogen and oxygen atoms in total. The Hall–Kier alpha value is -2.94. The standard InChI is InChI=1S/C30H35ClN6OS/c31-25-9-5-8-24(18-25)30(11-16-38-17-12-30)21-32-29(39)35-28-33-26(36-13-3-4-14-36)19-27(34-28)37-15-10-22-6-1-2-7-23(22)20-37/h1-2,5-9,18-19H,3-4,10-17,20-21H2,(H2,32,33,34,35,39). The molecule has 4 heterocycles. The van der Waals surface area contributed by atoms with Crippen LogP contribution in [0.1, 0.15) is 42.4 Å². The van der Waals surface area contributed by atoms with Gasteiger partial charge in [0, 0.05) is 62.4 Å². The molecule has 204 valence electrons. The third-order valence-corrected chi connectivity index (χ3v) is 8.76. The topological polar surface area (TPSA) is 65.6 Å². The molecule has 0 aliphatic carbocycles. The van der Waals surface area contributed by atoms with Gasteiger partial charge in [-0.2, -0.15) is 9.97 Å². The van der Waals surface area contributed by atoms with E-state index in [1.165, 1.54) is 29.5 Å². The fourth-order valence-electron chi connectivity index (χ4n) is 5.98. The van der Waals surface area contributed by atoms with Crippen LogP contribution in [0.4, 0.5) is 17.6 Å². The second kappa shape index (κ2) is 11.7. The highest BCUT2D eigenvalue weighted by molar-refractivity contribution is 7.80. The first-order valence-corrected chi connectivity index (χ1v) is 14.7. The number of thiocarbonyl (C=S) groups is 1. The molecule has 0 spiro atoms. The SMILES string of the molecule is S=C(NCC1(c2cccc(Cl)c2)CCOCC1)Nc1nc(N2CCCC2)cc(N2CCc3ccccc3C2)n1. The quantitative estimate of drug-likeness (QED) is 0.391. The Balaban J connectivity index is 1.20. The number of halogens is 1. The summed E-state index contributed by atoms with van der Waals surface area (Å²) < 4.78 is 5.70. The molecule has 2 aromatic carbocycles. The van der Waals surface area contributed by atoms with Crippen LogP contribution in [0, 0.1) is 0 Å². The maximum atomic E-state index is 6.36. The van der Waals surface area contributed by atoms with E-state index in [9.17, 15) is 0 Å². The number of nitrogens with zero attached hydrogens (tertiary/aromatic N) is 4. The van der Waals surface area contributed by atoms with E-state index in [1.807, 2.05) is 12.1 Å². The zero-order valence-corrected chi connectivity index (χ0v) is 23.7. The van der Waals surface area contributed by atoms with Crippen molar-refractivity contribution in [2.45, 2.75) is 44.1 Å². The van der Waals surface area contributed by atoms with Gasteiger partial charge in [0.1, 0.15) is 11.6 Å². The van der Waals surface area contributed by atoms with Gasteiger partial charge in [0.25, 0.3) is 0 Å². The van der Waals surface area contributed by atoms with E-state index >= 15 is 0 Å². The predicted molar refractivity (Wildman–Crippen MR) is 162 cm³/mol. The van der Waals surface area contributed by atoms with Crippen LogP contribution in [0.15, 0.2) is 54.6 Å². The van der Waals surface area contributed by atoms with Gasteiger partial charge in [-0.15, -0.1) is 0 Å². The molecule has 0 radical (unpaired) electrons. The molecule has 0 unspecified atom stereocenters. The van der Waals surface area contributed by atoms with Crippen molar-refractivity contribution in [1.82, 2.24) is 15.3 Å². The summed E-state index contributed by atoms with van der Waals surface area (Å²) in [7, 11) is 0. The molecule has 39 heavy (non-hydrogen) atoms. The van der Waals surface area contributed by atoms with Crippen molar-refractivity contribution in [3.05, 3.63) is 76.3 Å². The molecule has 0 atom stereocenters. The molecule has 3 aromatic rings. The van der Waals surface area contributed by atoms with E-state index < -0.39 is 0 Å². The van der Waals surface area contributed by atoms with Gasteiger partial charge >= 0.3 is 0 Å². The van der Waals surface area contributed by atoms with Crippen LogP contribution in [-0.4, -0.2) is 54.5 Å². The number of anilines is 3. The lowest BCUT2D eigenvalue weighted by molar-refractivity contribution is 0.0515. The lowest BCUT2D eigenvalue weighted by Gasteiger charge is -2.38. The molecule has 2 fully saturated rings. The monoisotopic (exact) mass is 562 g/mol. The Morgan fingerprint density at radius 3 is 2.44 bits per heavy atom. The average Bonchev–Trinajstić information content (AvgIpc) is 3.52. The number of benzene rings is 2. The summed E-state index contributed by atoms with van der Waals surface area (Å²) in [6, 6.07) is 19.0. The van der Waals surface area contributed by atoms with Crippen LogP contribution in [0.25, 0.3) is 0 Å². The Labute approximate surface area is 240 Å². The van der Waals surface area contributed by atoms with E-state index in [-0.39, 0.29) is 5.41 Å². The third-order valence-electron chi connectivity index (χ3n) is 8.28. The van der Waals surface area contributed by atoms with Crippen molar-refractivity contribution in [2.24, 2.45) is 0 Å². The normalized spacial score (nSPS) is 18.5. The maximum absolute atomic E-state index is 6.36. The molecular formula is C30H35ClN6OS. The first-order valence-electron chi connectivity index (χ1n) is 13.9. The average molecular weight is 563 g/mol. The van der Waals surface area contributed by atoms with E-state index in [1.54, 1.807) is 0 Å². The molecule has 0 amide bonds. The smallest absolute Gasteiger partial charge is 0.232 e. The van der Waals surface area contributed by atoms with Gasteiger partial charge in [-0.25, -0.2) is 0 Å². The Bertz CT molecular complexity index is 1320. The molecule has 3 aliphatic rings. The number of ether oxygens (including phenoxy) is 1. The van der Waals surface area contributed by atoms with Crippen LogP contribution < -0.4 is 20.4 Å². The lowest BCUT2D eigenvalue weighted by atomic mass is 9.74. The lowest BCUT2D eigenvalue weighted by Crippen LogP contribution is -2.45. The van der Waals surface area contributed by atoms with E-state index in [4.69, 9.17) is 38.5 Å². The number of fused-ring (bicyclic) bond motifs is 1. The molecule has 0 saturated carbocycles. The highest BCUT2D eigenvalue weighted by Crippen LogP contribution is 2.35. The molecule has 6 rings (SSSR count). The predicted octanol–water partition coefficient (Wildman–Crippen LogP) is 5.33. The summed E-state index contributed by atoms with van der Waals surface area (Å²) >= 11 is 12.1. The molecule has 0 bridgehead atoms. The van der Waals surface area contributed by atoms with Gasteiger partial charge < -0.3 is 25.2 Å². The van der Waals surface area contributed by atoms with Crippen molar-refractivity contribution in [2.75, 3.05) is 54.5 Å². The summed E-state index contributed by atoms with van der Waals surface area (Å²) in [6.45, 7) is 5.94. The van der Waals surface area contributed by atoms with Gasteiger partial charge in [-0.05, 0) is 73.1 Å². The second-order valence-corrected chi connectivity index (χ2v) is 11.6. The van der Waals surface area contributed by atoms with E-state index in [0.29, 0.717) is 17.6 Å². The first kappa shape index (κ1) is 26.3. The van der Waals surface area contributed by atoms with Gasteiger partial charge in [0.05, 0.1) is 0 Å². The van der Waals surface area contributed by atoms with Crippen LogP contribution in [-0.2, 0) is 23.1 Å². The number of aromatic nitrogens is 2. The molecule has 9 heteroatoms. The van der Waals surface area contributed by atoms with Crippen molar-refractivity contribution < 1.29 is 4.74 Å². The minimum Gasteiger partial charge on any atom is -0.381 e. The summed E-state index contributed by atoms with van der Waals surface area (Å²) in [5, 5.41) is 8.06. The van der Waals surface area contributed by atoms with Crippen molar-refractivity contribution in [3.8, 4) is 0 Å². The first-order chi connectivity index (χ1) is 19.1. The number of hydrogen-bond donors (Lipinski definition) is 2. The van der Waals surface area contributed by atoms with Crippen molar-refractivity contribution in [3.63, 3.8) is 0 Å². The van der Waals surface area contributed by atoms with Crippen molar-refractivity contribution in [1.29, 1.82) is 0 Å². The van der Waals surface area contributed by atoms with Gasteiger partial charge in [-0.1, -0.05) is 48.0 Å². The Kier molecular flexibility index (Phi) is 7.86. The Morgan fingerprint density at radius 2 is 1.67 bits per heavy atom. The molecule has 3 aliphatic heterocycles. The number of hydrogen-bond acceptors (Lipinski definition) is 6. The van der Waals surface area contributed by atoms with Gasteiger partial charge in [-0.3, -0.25) is 0 Å². The summed E-state index contributed by atoms with van der Waals surface area (Å²) in [5.74, 6) is 2.43. The van der Waals surface area contributed by atoms with E-state index in [0.717, 1.165) is 75.3 Å². The zero-order chi connectivity index (χ0) is 26.7. The minimum atomic E-state index is -0.0977. The largest absolute Gasteiger partial charge is 0.381 e. The fraction of sp³-hybridized carbons (Fsp3) is 0.433. The second-order valence-electron chi connectivity index (χ2n) is 10.8. The maximum Gasteiger partial charge on any atom is 0.232 e. The summed E-state index contributed by atoms with van der Waals surface area (Å²) in [6.07, 6.45) is 5.20. The fourth-order valence-corrected chi connectivity index (χ4v) is 6.34. The molecule has 1 aromatic heterocycles. The zero-order valence-electron chi connectivity index (χ0n) is 22.2. The van der Waals surface area contributed by atoms with Crippen LogP contribution >= 0.6 is 23.8 Å². The molecule has 2 saturated heterocycles. The molecule has 2 N–H and O–H groups in total. The Morgan fingerprint density at radius 1 is 0.923 bits per heavy atom. The summed E-state index contributed by atoms with van der Waals surface area (Å²) in [5.41, 5.74) is 3.90. The highest BCUT2D eigenvalue weighted by atomic mass is 35.5. The minimum absolute atomic E-state index is 0.0977. The van der Waals surface area contributed by atoms with Gasteiger partial charge in [0.2, 0.25) is 5.95 Å². The van der Waals surface area contributed by atoms with Crippen LogP contribution in [0.2, 0.25) is 5.02 Å². The van der Waals surface area contributed by atoms with E-state index in [2.05, 4.69) is 62.9 Å². The summed E-state index contributed by atoms with van der Waals surface area (Å²) in [4.78, 5) is 14.5. The van der Waals surface area contributed by atoms with Crippen LogP contribution in [0.3, 0.4) is 0 Å². The number of rotatable bonds is 6. The number of nitrogens with one attached hydrogen (secondary N) is 2. The van der Waals surface area contributed by atoms with Gasteiger partial charge in [0.15, 0.2) is 5.11 Å². The molecular weight excluding hydrogens is 528 g/mol. The third kappa shape index (κ3) is 5.98. The van der Waals surface area contributed by atoms with Crippen LogP contribution in [0.5, 0.6) is 0 Å².